The van der Waals surface area contributed by atoms with Crippen LogP contribution in [-0.2, 0) is 19.7 Å². The molecule has 5 nitrogen and oxygen atoms in total. The molecular weight excluding hydrogens is 301 g/mol. The quantitative estimate of drug-likeness (QED) is 0.920. The van der Waals surface area contributed by atoms with E-state index in [1.165, 1.54) is 12.1 Å². The monoisotopic (exact) mass is 321 g/mol. The van der Waals surface area contributed by atoms with Crippen LogP contribution in [0.4, 0.5) is 4.39 Å². The maximum atomic E-state index is 13.6. The Morgan fingerprint density at radius 1 is 1.39 bits per heavy atom. The van der Waals surface area contributed by atoms with Gasteiger partial charge in [-0.15, -0.1) is 0 Å². The molecule has 0 bridgehead atoms. The molecule has 0 unspecified atom stereocenters. The Morgan fingerprint density at radius 2 is 2.17 bits per heavy atom. The van der Waals surface area contributed by atoms with Crippen LogP contribution >= 0.6 is 0 Å². The average molecular weight is 321 g/mol. The Morgan fingerprint density at radius 3 is 2.78 bits per heavy atom. The minimum atomic E-state index is -0.937. The van der Waals surface area contributed by atoms with Gasteiger partial charge >= 0.3 is 5.97 Å². The van der Waals surface area contributed by atoms with Crippen LogP contribution in [0, 0.1) is 5.82 Å². The van der Waals surface area contributed by atoms with Gasteiger partial charge in [0.15, 0.2) is 0 Å². The number of benzene rings is 1. The number of amides is 1. The number of morpholine rings is 1. The van der Waals surface area contributed by atoms with E-state index in [2.05, 4.69) is 0 Å². The van der Waals surface area contributed by atoms with Crippen LogP contribution in [0.2, 0.25) is 0 Å². The van der Waals surface area contributed by atoms with E-state index in [0.717, 1.165) is 12.0 Å². The van der Waals surface area contributed by atoms with E-state index < -0.39 is 17.5 Å². The highest BCUT2D eigenvalue weighted by atomic mass is 19.1. The molecule has 2 aliphatic rings. The number of carbonyl (C=O) groups is 2. The first kappa shape index (κ1) is 15.9. The molecule has 1 N–H and O–H groups in total. The number of nitrogens with zero attached hydrogens (tertiary/aromatic N) is 1. The summed E-state index contributed by atoms with van der Waals surface area (Å²) in [6.45, 7) is 1.07. The highest BCUT2D eigenvalue weighted by Gasteiger charge is 2.48. The van der Waals surface area contributed by atoms with Crippen molar-refractivity contribution in [2.45, 2.75) is 37.2 Å². The number of carboxylic acid groups (broad SMARTS) is 1. The molecule has 1 aromatic carbocycles. The Kier molecular flexibility index (Phi) is 4.35. The van der Waals surface area contributed by atoms with Gasteiger partial charge in [0.2, 0.25) is 5.91 Å². The normalized spacial score (nSPS) is 23.2. The van der Waals surface area contributed by atoms with E-state index in [9.17, 15) is 14.0 Å². The zero-order valence-electron chi connectivity index (χ0n) is 12.8. The zero-order chi connectivity index (χ0) is 16.4. The second kappa shape index (κ2) is 6.28. The highest BCUT2D eigenvalue weighted by molar-refractivity contribution is 5.89. The molecule has 1 saturated heterocycles. The number of halogens is 1. The van der Waals surface area contributed by atoms with E-state index in [-0.39, 0.29) is 24.7 Å². The van der Waals surface area contributed by atoms with Crippen molar-refractivity contribution in [1.29, 1.82) is 0 Å². The molecule has 6 heteroatoms. The van der Waals surface area contributed by atoms with Crippen molar-refractivity contribution >= 4 is 11.9 Å². The molecule has 0 spiro atoms. The highest BCUT2D eigenvalue weighted by Crippen LogP contribution is 2.45. The summed E-state index contributed by atoms with van der Waals surface area (Å²) in [4.78, 5) is 25.6. The van der Waals surface area contributed by atoms with E-state index in [4.69, 9.17) is 9.84 Å². The van der Waals surface area contributed by atoms with Crippen LogP contribution in [0.15, 0.2) is 24.3 Å². The van der Waals surface area contributed by atoms with Crippen molar-refractivity contribution in [1.82, 2.24) is 4.90 Å². The predicted octanol–water partition coefficient (Wildman–Crippen LogP) is 1.95. The maximum absolute atomic E-state index is 13.6. The van der Waals surface area contributed by atoms with Crippen LogP contribution in [0.3, 0.4) is 0 Å². The van der Waals surface area contributed by atoms with Gasteiger partial charge in [-0.25, -0.2) is 4.39 Å². The number of rotatable bonds is 4. The van der Waals surface area contributed by atoms with Crippen molar-refractivity contribution in [3.63, 3.8) is 0 Å². The lowest BCUT2D eigenvalue weighted by atomic mass is 9.63. The molecule has 1 atom stereocenters. The minimum Gasteiger partial charge on any atom is -0.481 e. The Balaban J connectivity index is 1.79. The third-order valence-corrected chi connectivity index (χ3v) is 4.82. The standard InChI is InChI=1S/C17H20FNO4/c18-13-4-1-3-12(9-13)17(5-2-6-17)16(22)19-7-8-23-14(11-19)10-15(20)21/h1,3-4,9,14H,2,5-8,10-11H2,(H,20,21)/t14-/m1/s1. The van der Waals surface area contributed by atoms with Crippen molar-refractivity contribution in [3.8, 4) is 0 Å². The second-order valence-corrected chi connectivity index (χ2v) is 6.29. The molecule has 1 saturated carbocycles. The van der Waals surface area contributed by atoms with Gasteiger partial charge in [-0.05, 0) is 30.5 Å². The summed E-state index contributed by atoms with van der Waals surface area (Å²) in [6, 6.07) is 6.24. The molecule has 1 amide bonds. The summed E-state index contributed by atoms with van der Waals surface area (Å²) in [6.07, 6.45) is 1.75. The van der Waals surface area contributed by atoms with Crippen LogP contribution in [0.25, 0.3) is 0 Å². The van der Waals surface area contributed by atoms with E-state index >= 15 is 0 Å². The Hall–Kier alpha value is -1.95. The smallest absolute Gasteiger partial charge is 0.306 e. The van der Waals surface area contributed by atoms with Crippen molar-refractivity contribution in [3.05, 3.63) is 35.6 Å². The van der Waals surface area contributed by atoms with Crippen LogP contribution < -0.4 is 0 Å². The summed E-state index contributed by atoms with van der Waals surface area (Å²) in [5, 5.41) is 8.89. The number of carbonyl (C=O) groups excluding carboxylic acids is 1. The van der Waals surface area contributed by atoms with Gasteiger partial charge < -0.3 is 14.7 Å². The lowest BCUT2D eigenvalue weighted by Crippen LogP contribution is -2.55. The van der Waals surface area contributed by atoms with Gasteiger partial charge in [-0.3, -0.25) is 9.59 Å². The van der Waals surface area contributed by atoms with Crippen LogP contribution in [-0.4, -0.2) is 47.7 Å². The maximum Gasteiger partial charge on any atom is 0.306 e. The number of carboxylic acids is 1. The largest absolute Gasteiger partial charge is 0.481 e. The van der Waals surface area contributed by atoms with Gasteiger partial charge in [-0.2, -0.15) is 0 Å². The molecule has 23 heavy (non-hydrogen) atoms. The summed E-state index contributed by atoms with van der Waals surface area (Å²) < 4.78 is 19.0. The lowest BCUT2D eigenvalue weighted by molar-refractivity contribution is -0.153. The molecule has 0 radical (unpaired) electrons. The summed E-state index contributed by atoms with van der Waals surface area (Å²) in [5.41, 5.74) is 0.0581. The SMILES string of the molecule is O=C(O)C[C@@H]1CN(C(=O)C2(c3cccc(F)c3)CCC2)CCO1. The van der Waals surface area contributed by atoms with Crippen LogP contribution in [0.1, 0.15) is 31.2 Å². The van der Waals surface area contributed by atoms with Crippen LogP contribution in [0.5, 0.6) is 0 Å². The average Bonchev–Trinajstić information content (AvgIpc) is 2.45. The van der Waals surface area contributed by atoms with Gasteiger partial charge in [0, 0.05) is 13.1 Å². The number of aliphatic carboxylic acids is 1. The first-order chi connectivity index (χ1) is 11.0. The first-order valence-electron chi connectivity index (χ1n) is 7.90. The van der Waals surface area contributed by atoms with Gasteiger partial charge in [-0.1, -0.05) is 18.6 Å². The molecule has 124 valence electrons. The number of hydrogen-bond donors (Lipinski definition) is 1. The van der Waals surface area contributed by atoms with Gasteiger partial charge in [0.1, 0.15) is 5.82 Å². The topological polar surface area (TPSA) is 66.8 Å². The molecule has 2 fully saturated rings. The molecule has 3 rings (SSSR count). The Labute approximate surface area is 134 Å². The third-order valence-electron chi connectivity index (χ3n) is 4.82. The fourth-order valence-electron chi connectivity index (χ4n) is 3.47. The molecule has 1 aliphatic carbocycles. The van der Waals surface area contributed by atoms with Crippen molar-refractivity contribution < 1.29 is 23.8 Å². The van der Waals surface area contributed by atoms with Crippen molar-refractivity contribution in [2.75, 3.05) is 19.7 Å². The van der Waals surface area contributed by atoms with Gasteiger partial charge in [0.25, 0.3) is 0 Å². The second-order valence-electron chi connectivity index (χ2n) is 6.29. The van der Waals surface area contributed by atoms with Crippen molar-refractivity contribution in [2.24, 2.45) is 0 Å². The van der Waals surface area contributed by atoms with E-state index in [1.807, 2.05) is 0 Å². The first-order valence-corrected chi connectivity index (χ1v) is 7.90. The molecular formula is C17H20FNO4. The predicted molar refractivity (Wildman–Crippen MR) is 80.5 cm³/mol. The molecule has 1 aliphatic heterocycles. The molecule has 1 aromatic rings. The fraction of sp³-hybridized carbons (Fsp3) is 0.529. The minimum absolute atomic E-state index is 0.0342. The Bertz CT molecular complexity index is 614. The summed E-state index contributed by atoms with van der Waals surface area (Å²) in [5.74, 6) is -1.31. The van der Waals surface area contributed by atoms with E-state index in [0.29, 0.717) is 26.0 Å². The number of hydrogen-bond acceptors (Lipinski definition) is 3. The third kappa shape index (κ3) is 3.08. The summed E-state index contributed by atoms with van der Waals surface area (Å²) >= 11 is 0. The number of ether oxygens (including phenoxy) is 1. The van der Waals surface area contributed by atoms with E-state index in [1.54, 1.807) is 17.0 Å². The zero-order valence-corrected chi connectivity index (χ0v) is 12.8. The summed E-state index contributed by atoms with van der Waals surface area (Å²) in [7, 11) is 0. The van der Waals surface area contributed by atoms with Gasteiger partial charge in [0.05, 0.1) is 24.5 Å². The lowest BCUT2D eigenvalue weighted by Gasteiger charge is -2.45. The molecule has 1 heterocycles. The molecule has 0 aromatic heterocycles. The fourth-order valence-corrected chi connectivity index (χ4v) is 3.47.